The molecule has 2 aliphatic rings. The Kier molecular flexibility index (Phi) is 8.43. The molecule has 3 aromatic rings. The monoisotopic (exact) mass is 570 g/mol. The van der Waals surface area contributed by atoms with Gasteiger partial charge >= 0.3 is 0 Å². The highest BCUT2D eigenvalue weighted by Crippen LogP contribution is 2.30. The second-order valence-electron chi connectivity index (χ2n) is 10.3. The molecule has 0 radical (unpaired) electrons. The Morgan fingerprint density at radius 2 is 1.82 bits per heavy atom. The number of amides is 1. The van der Waals surface area contributed by atoms with Crippen LogP contribution in [-0.4, -0.2) is 54.9 Å². The van der Waals surface area contributed by atoms with Gasteiger partial charge in [0.1, 0.15) is 17.3 Å². The molecule has 2 aromatic carbocycles. The molecule has 8 nitrogen and oxygen atoms in total. The van der Waals surface area contributed by atoms with Gasteiger partial charge in [-0.05, 0) is 87.7 Å². The molecule has 11 heteroatoms. The summed E-state index contributed by atoms with van der Waals surface area (Å²) in [5, 5.41) is 6.81. The SMILES string of the molecule is Cc1noc(/C=C/c2ccc(F)cc2F)c1S(=O)(=O)N1CCC(C(=O)Nc2cccc(CN3CCCC3)c2)CC1. The maximum Gasteiger partial charge on any atom is 0.248 e. The number of aromatic nitrogens is 1. The van der Waals surface area contributed by atoms with Crippen LogP contribution in [0.3, 0.4) is 0 Å². The fourth-order valence-corrected chi connectivity index (χ4v) is 7.00. The molecule has 1 amide bonds. The zero-order valence-electron chi connectivity index (χ0n) is 22.3. The van der Waals surface area contributed by atoms with Crippen LogP contribution in [0.1, 0.15) is 48.3 Å². The number of hydrogen-bond donors (Lipinski definition) is 1. The lowest BCUT2D eigenvalue weighted by Gasteiger charge is -2.30. The number of halogens is 2. The maximum atomic E-state index is 14.0. The van der Waals surface area contributed by atoms with Gasteiger partial charge in [0.05, 0.1) is 0 Å². The summed E-state index contributed by atoms with van der Waals surface area (Å²) in [5.41, 5.74) is 2.14. The van der Waals surface area contributed by atoms with Crippen molar-refractivity contribution in [3.63, 3.8) is 0 Å². The molecule has 0 saturated carbocycles. The van der Waals surface area contributed by atoms with E-state index in [0.29, 0.717) is 12.8 Å². The summed E-state index contributed by atoms with van der Waals surface area (Å²) in [4.78, 5) is 15.3. The number of hydrogen-bond acceptors (Lipinski definition) is 6. The van der Waals surface area contributed by atoms with Crippen LogP contribution in [0, 0.1) is 24.5 Å². The Balaban J connectivity index is 1.22. The number of anilines is 1. The molecule has 0 aliphatic carbocycles. The van der Waals surface area contributed by atoms with E-state index < -0.39 is 21.7 Å². The van der Waals surface area contributed by atoms with Crippen molar-refractivity contribution in [2.24, 2.45) is 5.92 Å². The van der Waals surface area contributed by atoms with Crippen molar-refractivity contribution in [3.05, 3.63) is 76.7 Å². The fraction of sp³-hybridized carbons (Fsp3) is 0.379. The third-order valence-corrected chi connectivity index (χ3v) is 9.49. The Morgan fingerprint density at radius 1 is 1.07 bits per heavy atom. The largest absolute Gasteiger partial charge is 0.355 e. The molecule has 40 heavy (non-hydrogen) atoms. The number of rotatable bonds is 8. The van der Waals surface area contributed by atoms with Gasteiger partial charge in [-0.1, -0.05) is 17.3 Å². The van der Waals surface area contributed by atoms with Crippen molar-refractivity contribution in [3.8, 4) is 0 Å². The van der Waals surface area contributed by atoms with Gasteiger partial charge in [0.15, 0.2) is 10.7 Å². The minimum Gasteiger partial charge on any atom is -0.355 e. The minimum absolute atomic E-state index is 0.0464. The molecular formula is C29H32F2N4O4S. The van der Waals surface area contributed by atoms with Gasteiger partial charge in [-0.15, -0.1) is 0 Å². The van der Waals surface area contributed by atoms with Crippen molar-refractivity contribution in [1.82, 2.24) is 14.4 Å². The van der Waals surface area contributed by atoms with E-state index in [-0.39, 0.29) is 46.8 Å². The number of carbonyl (C=O) groups excluding carboxylic acids is 1. The number of aryl methyl sites for hydroxylation is 1. The molecule has 0 unspecified atom stereocenters. The molecule has 2 aliphatic heterocycles. The third-order valence-electron chi connectivity index (χ3n) is 7.43. The average Bonchev–Trinajstić information content (AvgIpc) is 3.58. The predicted molar refractivity (Wildman–Crippen MR) is 148 cm³/mol. The second kappa shape index (κ2) is 12.0. The minimum atomic E-state index is -3.99. The van der Waals surface area contributed by atoms with Crippen LogP contribution in [-0.2, 0) is 21.4 Å². The molecule has 0 bridgehead atoms. The van der Waals surface area contributed by atoms with Gasteiger partial charge in [0.25, 0.3) is 0 Å². The first-order valence-electron chi connectivity index (χ1n) is 13.4. The fourth-order valence-electron chi connectivity index (χ4n) is 5.28. The van der Waals surface area contributed by atoms with Crippen LogP contribution in [0.15, 0.2) is 51.9 Å². The highest BCUT2D eigenvalue weighted by Gasteiger charge is 2.36. The molecular weight excluding hydrogens is 538 g/mol. The normalized spacial score (nSPS) is 17.6. The number of piperidine rings is 1. The van der Waals surface area contributed by atoms with Gasteiger partial charge < -0.3 is 9.84 Å². The van der Waals surface area contributed by atoms with E-state index in [1.165, 1.54) is 42.3 Å². The topological polar surface area (TPSA) is 95.8 Å². The zero-order chi connectivity index (χ0) is 28.3. The number of sulfonamides is 1. The molecule has 2 saturated heterocycles. The van der Waals surface area contributed by atoms with Gasteiger partial charge in [-0.2, -0.15) is 4.31 Å². The molecule has 2 fully saturated rings. The van der Waals surface area contributed by atoms with Crippen molar-refractivity contribution >= 4 is 33.8 Å². The summed E-state index contributed by atoms with van der Waals surface area (Å²) in [6.07, 6.45) is 5.79. The van der Waals surface area contributed by atoms with Gasteiger partial charge in [0, 0.05) is 42.9 Å². The quantitative estimate of drug-likeness (QED) is 0.407. The molecule has 1 N–H and O–H groups in total. The lowest BCUT2D eigenvalue weighted by atomic mass is 9.97. The van der Waals surface area contributed by atoms with Gasteiger partial charge in [-0.25, -0.2) is 17.2 Å². The van der Waals surface area contributed by atoms with Crippen LogP contribution in [0.5, 0.6) is 0 Å². The van der Waals surface area contributed by atoms with Crippen LogP contribution in [0.4, 0.5) is 14.5 Å². The molecule has 0 spiro atoms. The Hall–Kier alpha value is -3.41. The van der Waals surface area contributed by atoms with E-state index in [2.05, 4.69) is 21.4 Å². The van der Waals surface area contributed by atoms with E-state index in [1.807, 2.05) is 18.2 Å². The zero-order valence-corrected chi connectivity index (χ0v) is 23.1. The van der Waals surface area contributed by atoms with E-state index in [4.69, 9.17) is 4.52 Å². The Labute approximate surface area is 232 Å². The molecule has 5 rings (SSSR count). The third kappa shape index (κ3) is 6.32. The smallest absolute Gasteiger partial charge is 0.248 e. The summed E-state index contributed by atoms with van der Waals surface area (Å²) in [7, 11) is -3.99. The van der Waals surface area contributed by atoms with Crippen LogP contribution < -0.4 is 5.32 Å². The van der Waals surface area contributed by atoms with Crippen molar-refractivity contribution in [2.45, 2.75) is 44.0 Å². The highest BCUT2D eigenvalue weighted by molar-refractivity contribution is 7.89. The van der Waals surface area contributed by atoms with Gasteiger partial charge in [-0.3, -0.25) is 9.69 Å². The summed E-state index contributed by atoms with van der Waals surface area (Å²) in [6, 6.07) is 11.0. The summed E-state index contributed by atoms with van der Waals surface area (Å²) >= 11 is 0. The number of likely N-dealkylation sites (tertiary alicyclic amines) is 1. The first kappa shape index (κ1) is 28.1. The predicted octanol–water partition coefficient (Wildman–Crippen LogP) is 5.07. The molecule has 0 atom stereocenters. The lowest BCUT2D eigenvalue weighted by Crippen LogP contribution is -2.41. The van der Waals surface area contributed by atoms with E-state index in [9.17, 15) is 22.0 Å². The number of benzene rings is 2. The average molecular weight is 571 g/mol. The standard InChI is InChI=1S/C29H32F2N4O4S/c1-20-28(27(39-33-20)10-8-22-7-9-24(30)18-26(22)31)40(37,38)35-15-11-23(12-16-35)29(36)32-25-6-4-5-21(17-25)19-34-13-2-3-14-34/h4-10,17-18,23H,2-3,11-16,19H2,1H3,(H,32,36)/b10-8+. The second-order valence-corrected chi connectivity index (χ2v) is 12.2. The maximum absolute atomic E-state index is 14.0. The summed E-state index contributed by atoms with van der Waals surface area (Å²) in [6.45, 7) is 4.89. The first-order chi connectivity index (χ1) is 19.2. The van der Waals surface area contributed by atoms with Crippen LogP contribution in [0.25, 0.3) is 12.2 Å². The number of nitrogens with zero attached hydrogens (tertiary/aromatic N) is 3. The van der Waals surface area contributed by atoms with E-state index in [0.717, 1.165) is 43.0 Å². The van der Waals surface area contributed by atoms with E-state index in [1.54, 1.807) is 0 Å². The van der Waals surface area contributed by atoms with Crippen LogP contribution >= 0.6 is 0 Å². The Morgan fingerprint density at radius 3 is 2.55 bits per heavy atom. The molecule has 3 heterocycles. The summed E-state index contributed by atoms with van der Waals surface area (Å²) < 4.78 is 60.8. The molecule has 212 valence electrons. The Bertz CT molecular complexity index is 1510. The van der Waals surface area contributed by atoms with E-state index >= 15 is 0 Å². The van der Waals surface area contributed by atoms with Gasteiger partial charge in [0.2, 0.25) is 15.9 Å². The first-order valence-corrected chi connectivity index (χ1v) is 14.9. The van der Waals surface area contributed by atoms with Crippen molar-refractivity contribution in [1.29, 1.82) is 0 Å². The van der Waals surface area contributed by atoms with Crippen molar-refractivity contribution in [2.75, 3.05) is 31.5 Å². The van der Waals surface area contributed by atoms with Crippen LogP contribution in [0.2, 0.25) is 0 Å². The van der Waals surface area contributed by atoms with Crippen molar-refractivity contribution < 1.29 is 26.5 Å². The number of carbonyl (C=O) groups is 1. The summed E-state index contributed by atoms with van der Waals surface area (Å²) in [5.74, 6) is -1.98. The lowest BCUT2D eigenvalue weighted by molar-refractivity contribution is -0.120. The molecule has 1 aromatic heterocycles. The number of nitrogens with one attached hydrogen (secondary N) is 1. The highest BCUT2D eigenvalue weighted by atomic mass is 32.2.